The maximum Gasteiger partial charge on any atom is 0.160 e. The van der Waals surface area contributed by atoms with Gasteiger partial charge in [-0.05, 0) is 34.4 Å². The summed E-state index contributed by atoms with van der Waals surface area (Å²) in [5, 5.41) is 0. The Morgan fingerprint density at radius 2 is 1.19 bits per heavy atom. The highest BCUT2D eigenvalue weighted by atomic mass is 32.1. The SMILES string of the molecule is O=C(/C=C/C(=C(\S)c1ccccc1)c1ccccc1)Cc1ccccc1. The zero-order valence-electron chi connectivity index (χ0n) is 14.4. The van der Waals surface area contributed by atoms with Crippen LogP contribution in [0.2, 0.25) is 0 Å². The molecule has 0 unspecified atom stereocenters. The lowest BCUT2D eigenvalue weighted by Crippen LogP contribution is -1.98. The third-order valence-electron chi connectivity index (χ3n) is 4.04. The Balaban J connectivity index is 1.91. The maximum absolute atomic E-state index is 12.4. The van der Waals surface area contributed by atoms with Gasteiger partial charge in [0.1, 0.15) is 0 Å². The molecule has 0 heterocycles. The molecular formula is C24H20OS. The van der Waals surface area contributed by atoms with Gasteiger partial charge >= 0.3 is 0 Å². The predicted molar refractivity (Wildman–Crippen MR) is 113 cm³/mol. The number of carbonyl (C=O) groups is 1. The van der Waals surface area contributed by atoms with Crippen LogP contribution in [-0.4, -0.2) is 5.78 Å². The minimum atomic E-state index is 0.0684. The molecule has 0 amide bonds. The van der Waals surface area contributed by atoms with Gasteiger partial charge in [-0.1, -0.05) is 91.0 Å². The van der Waals surface area contributed by atoms with E-state index in [2.05, 4.69) is 0 Å². The van der Waals surface area contributed by atoms with E-state index in [4.69, 9.17) is 12.6 Å². The molecule has 0 aliphatic rings. The van der Waals surface area contributed by atoms with Crippen LogP contribution >= 0.6 is 12.6 Å². The van der Waals surface area contributed by atoms with Crippen LogP contribution in [0.1, 0.15) is 16.7 Å². The Morgan fingerprint density at radius 3 is 1.77 bits per heavy atom. The van der Waals surface area contributed by atoms with Gasteiger partial charge in [-0.25, -0.2) is 0 Å². The number of benzene rings is 3. The minimum Gasteiger partial charge on any atom is -0.294 e. The van der Waals surface area contributed by atoms with Crippen molar-refractivity contribution in [2.24, 2.45) is 0 Å². The number of carbonyl (C=O) groups excluding carboxylic acids is 1. The Kier molecular flexibility index (Phi) is 6.24. The van der Waals surface area contributed by atoms with Crippen LogP contribution in [0.4, 0.5) is 0 Å². The molecule has 0 radical (unpaired) electrons. The monoisotopic (exact) mass is 356 g/mol. The summed E-state index contributed by atoms with van der Waals surface area (Å²) in [6, 6.07) is 29.8. The van der Waals surface area contributed by atoms with Gasteiger partial charge in [-0.15, -0.1) is 12.6 Å². The summed E-state index contributed by atoms with van der Waals surface area (Å²) in [4.78, 5) is 13.2. The predicted octanol–water partition coefficient (Wildman–Crippen LogP) is 5.85. The Morgan fingerprint density at radius 1 is 0.692 bits per heavy atom. The molecule has 0 aliphatic carbocycles. The topological polar surface area (TPSA) is 17.1 Å². The molecule has 0 fully saturated rings. The van der Waals surface area contributed by atoms with Crippen LogP contribution in [0, 0.1) is 0 Å². The first-order valence-corrected chi connectivity index (χ1v) is 8.97. The zero-order valence-corrected chi connectivity index (χ0v) is 15.3. The smallest absolute Gasteiger partial charge is 0.160 e. The molecule has 3 aromatic carbocycles. The van der Waals surface area contributed by atoms with Gasteiger partial charge in [0.25, 0.3) is 0 Å². The average molecular weight is 356 g/mol. The number of hydrogen-bond acceptors (Lipinski definition) is 2. The van der Waals surface area contributed by atoms with Crippen molar-refractivity contribution < 1.29 is 4.79 Å². The first-order chi connectivity index (χ1) is 12.7. The molecule has 3 aromatic rings. The van der Waals surface area contributed by atoms with Crippen LogP contribution in [0.3, 0.4) is 0 Å². The van der Waals surface area contributed by atoms with E-state index in [0.29, 0.717) is 6.42 Å². The van der Waals surface area contributed by atoms with Gasteiger partial charge in [0.15, 0.2) is 5.78 Å². The van der Waals surface area contributed by atoms with Crippen molar-refractivity contribution in [1.82, 2.24) is 0 Å². The van der Waals surface area contributed by atoms with Crippen molar-refractivity contribution >= 4 is 28.9 Å². The highest BCUT2D eigenvalue weighted by Crippen LogP contribution is 2.30. The standard InChI is InChI=1S/C24H20OS/c25-22(18-19-10-4-1-5-11-19)16-17-23(20-12-6-2-7-13-20)24(26)21-14-8-3-9-15-21/h1-17,26H,18H2/b17-16+,24-23+. The summed E-state index contributed by atoms with van der Waals surface area (Å²) >= 11 is 4.74. The van der Waals surface area contributed by atoms with Crippen molar-refractivity contribution in [1.29, 1.82) is 0 Å². The summed E-state index contributed by atoms with van der Waals surface area (Å²) in [6.07, 6.45) is 3.91. The molecule has 2 heteroatoms. The normalized spacial score (nSPS) is 12.0. The summed E-state index contributed by atoms with van der Waals surface area (Å²) in [7, 11) is 0. The van der Waals surface area contributed by atoms with Gasteiger partial charge in [-0.3, -0.25) is 4.79 Å². The second-order valence-electron chi connectivity index (χ2n) is 5.96. The molecule has 0 aromatic heterocycles. The molecular weight excluding hydrogens is 336 g/mol. The lowest BCUT2D eigenvalue weighted by atomic mass is 10.0. The molecule has 0 N–H and O–H groups in total. The van der Waals surface area contributed by atoms with Gasteiger partial charge in [-0.2, -0.15) is 0 Å². The van der Waals surface area contributed by atoms with E-state index in [1.165, 1.54) is 0 Å². The largest absolute Gasteiger partial charge is 0.294 e. The first-order valence-electron chi connectivity index (χ1n) is 8.53. The zero-order chi connectivity index (χ0) is 18.2. The molecule has 3 rings (SSSR count). The first kappa shape index (κ1) is 18.0. The highest BCUT2D eigenvalue weighted by Gasteiger charge is 2.07. The van der Waals surface area contributed by atoms with E-state index in [0.717, 1.165) is 27.2 Å². The molecule has 0 saturated heterocycles. The van der Waals surface area contributed by atoms with Gasteiger partial charge in [0.2, 0.25) is 0 Å². The van der Waals surface area contributed by atoms with E-state index in [9.17, 15) is 4.79 Å². The van der Waals surface area contributed by atoms with Crippen LogP contribution in [-0.2, 0) is 11.2 Å². The van der Waals surface area contributed by atoms with E-state index in [-0.39, 0.29) is 5.78 Å². The molecule has 128 valence electrons. The fraction of sp³-hybridized carbons (Fsp3) is 0.0417. The van der Waals surface area contributed by atoms with Crippen LogP contribution in [0.15, 0.2) is 103 Å². The summed E-state index contributed by atoms with van der Waals surface area (Å²) < 4.78 is 0. The summed E-state index contributed by atoms with van der Waals surface area (Å²) in [6.45, 7) is 0. The second kappa shape index (κ2) is 9.02. The number of thiol groups is 1. The van der Waals surface area contributed by atoms with Crippen molar-refractivity contribution in [3.05, 3.63) is 120 Å². The quantitative estimate of drug-likeness (QED) is 0.254. The molecule has 1 nitrogen and oxygen atoms in total. The van der Waals surface area contributed by atoms with E-state index in [1.54, 1.807) is 6.08 Å². The lowest BCUT2D eigenvalue weighted by Gasteiger charge is -2.09. The maximum atomic E-state index is 12.4. The minimum absolute atomic E-state index is 0.0684. The van der Waals surface area contributed by atoms with E-state index in [1.807, 2.05) is 97.1 Å². The highest BCUT2D eigenvalue weighted by molar-refractivity contribution is 7.90. The lowest BCUT2D eigenvalue weighted by molar-refractivity contribution is -0.114. The number of rotatable bonds is 6. The molecule has 0 atom stereocenters. The number of ketones is 1. The van der Waals surface area contributed by atoms with Crippen molar-refractivity contribution in [2.45, 2.75) is 6.42 Å². The number of allylic oxidation sites excluding steroid dienone is 3. The average Bonchev–Trinajstić information content (AvgIpc) is 2.70. The van der Waals surface area contributed by atoms with Gasteiger partial charge in [0.05, 0.1) is 0 Å². The summed E-state index contributed by atoms with van der Waals surface area (Å²) in [5.41, 5.74) is 4.00. The van der Waals surface area contributed by atoms with E-state index >= 15 is 0 Å². The Bertz CT molecular complexity index is 910. The van der Waals surface area contributed by atoms with Crippen LogP contribution in [0.5, 0.6) is 0 Å². The molecule has 0 spiro atoms. The number of hydrogen-bond donors (Lipinski definition) is 1. The summed E-state index contributed by atoms with van der Waals surface area (Å²) in [5.74, 6) is 0.0684. The van der Waals surface area contributed by atoms with Crippen LogP contribution < -0.4 is 0 Å². The molecule has 0 aliphatic heterocycles. The van der Waals surface area contributed by atoms with Gasteiger partial charge in [0, 0.05) is 11.3 Å². The van der Waals surface area contributed by atoms with Crippen molar-refractivity contribution in [3.63, 3.8) is 0 Å². The van der Waals surface area contributed by atoms with E-state index < -0.39 is 0 Å². The third kappa shape index (κ3) is 4.84. The fourth-order valence-electron chi connectivity index (χ4n) is 2.71. The Hall–Kier alpha value is -2.84. The molecule has 0 saturated carbocycles. The fourth-order valence-corrected chi connectivity index (χ4v) is 3.07. The van der Waals surface area contributed by atoms with Gasteiger partial charge < -0.3 is 0 Å². The Labute approximate surface area is 160 Å². The third-order valence-corrected chi connectivity index (χ3v) is 4.54. The van der Waals surface area contributed by atoms with Crippen LogP contribution in [0.25, 0.3) is 10.5 Å². The van der Waals surface area contributed by atoms with Crippen molar-refractivity contribution in [3.8, 4) is 0 Å². The van der Waals surface area contributed by atoms with Crippen molar-refractivity contribution in [2.75, 3.05) is 0 Å². The molecule has 26 heavy (non-hydrogen) atoms. The molecule has 0 bridgehead atoms. The second-order valence-corrected chi connectivity index (χ2v) is 6.40.